The summed E-state index contributed by atoms with van der Waals surface area (Å²) in [4.78, 5) is 3.19. The molecule has 3 rings (SSSR count). The number of hydrogen-bond donors (Lipinski definition) is 3. The van der Waals surface area contributed by atoms with Gasteiger partial charge in [0.2, 0.25) is 0 Å². The van der Waals surface area contributed by atoms with Gasteiger partial charge in [-0.25, -0.2) is 0 Å². The van der Waals surface area contributed by atoms with Crippen molar-refractivity contribution in [2.75, 3.05) is 13.1 Å². The van der Waals surface area contributed by atoms with Crippen molar-refractivity contribution in [2.45, 2.75) is 26.2 Å². The zero-order chi connectivity index (χ0) is 12.5. The van der Waals surface area contributed by atoms with Crippen molar-refractivity contribution in [2.24, 2.45) is 5.92 Å². The smallest absolute Gasteiger partial charge is 0.128 e. The first-order valence-electron chi connectivity index (χ1n) is 6.75. The largest absolute Gasteiger partial charge is 0.507 e. The minimum atomic E-state index is 0.469. The molecule has 0 radical (unpaired) electrons. The number of hydrogen-bond acceptors (Lipinski definition) is 2. The molecule has 2 aromatic rings. The maximum atomic E-state index is 10.4. The van der Waals surface area contributed by atoms with Crippen LogP contribution in [0.1, 0.15) is 24.0 Å². The maximum absolute atomic E-state index is 10.4. The van der Waals surface area contributed by atoms with E-state index in [4.69, 9.17) is 0 Å². The van der Waals surface area contributed by atoms with Gasteiger partial charge in [0, 0.05) is 17.1 Å². The average molecular weight is 244 g/mol. The highest BCUT2D eigenvalue weighted by molar-refractivity contribution is 5.90. The third-order valence-corrected chi connectivity index (χ3v) is 4.01. The molecule has 0 saturated carbocycles. The molecule has 96 valence electrons. The van der Waals surface area contributed by atoms with Crippen LogP contribution in [0.3, 0.4) is 0 Å². The number of rotatable bonds is 2. The van der Waals surface area contributed by atoms with E-state index in [0.29, 0.717) is 11.7 Å². The molecule has 3 heteroatoms. The van der Waals surface area contributed by atoms with Crippen LogP contribution in [0, 0.1) is 12.8 Å². The lowest BCUT2D eigenvalue weighted by Gasteiger charge is -2.23. The monoisotopic (exact) mass is 244 g/mol. The van der Waals surface area contributed by atoms with Gasteiger partial charge in [0.25, 0.3) is 0 Å². The van der Waals surface area contributed by atoms with Gasteiger partial charge < -0.3 is 15.4 Å². The standard InChI is InChI=1S/C15H20N2O/c1-10-8-17-13-5-4-12(15(18)14(10)13)7-11-3-2-6-16-9-11/h4-5,8,11,16-18H,2-3,6-7,9H2,1H3. The fourth-order valence-electron chi connectivity index (χ4n) is 2.99. The van der Waals surface area contributed by atoms with Crippen LogP contribution in [0.5, 0.6) is 5.75 Å². The second-order valence-corrected chi connectivity index (χ2v) is 5.38. The van der Waals surface area contributed by atoms with E-state index in [2.05, 4.69) is 22.4 Å². The van der Waals surface area contributed by atoms with Crippen LogP contribution in [0.2, 0.25) is 0 Å². The summed E-state index contributed by atoms with van der Waals surface area (Å²) >= 11 is 0. The van der Waals surface area contributed by atoms with Gasteiger partial charge in [-0.2, -0.15) is 0 Å². The van der Waals surface area contributed by atoms with E-state index >= 15 is 0 Å². The Kier molecular flexibility index (Phi) is 3.00. The summed E-state index contributed by atoms with van der Waals surface area (Å²) in [6.45, 7) is 4.24. The molecule has 0 aliphatic carbocycles. The number of nitrogens with one attached hydrogen (secondary N) is 2. The Morgan fingerprint density at radius 3 is 3.06 bits per heavy atom. The van der Waals surface area contributed by atoms with Gasteiger partial charge in [-0.15, -0.1) is 0 Å². The molecule has 1 saturated heterocycles. The van der Waals surface area contributed by atoms with Crippen LogP contribution in [0.15, 0.2) is 18.3 Å². The number of aryl methyl sites for hydroxylation is 1. The van der Waals surface area contributed by atoms with E-state index in [1.165, 1.54) is 12.8 Å². The normalized spacial score (nSPS) is 20.4. The summed E-state index contributed by atoms with van der Waals surface area (Å²) in [5, 5.41) is 14.8. The van der Waals surface area contributed by atoms with Gasteiger partial charge in [0.15, 0.2) is 0 Å². The highest BCUT2D eigenvalue weighted by Gasteiger charge is 2.17. The summed E-state index contributed by atoms with van der Waals surface area (Å²) in [7, 11) is 0. The van der Waals surface area contributed by atoms with Crippen molar-refractivity contribution >= 4 is 10.9 Å². The van der Waals surface area contributed by atoms with Gasteiger partial charge >= 0.3 is 0 Å². The number of fused-ring (bicyclic) bond motifs is 1. The summed E-state index contributed by atoms with van der Waals surface area (Å²) < 4.78 is 0. The number of phenolic OH excluding ortho intramolecular Hbond substituents is 1. The number of aromatic amines is 1. The number of phenols is 1. The summed E-state index contributed by atoms with van der Waals surface area (Å²) in [5.41, 5.74) is 3.22. The summed E-state index contributed by atoms with van der Waals surface area (Å²) in [6, 6.07) is 4.13. The summed E-state index contributed by atoms with van der Waals surface area (Å²) in [5.74, 6) is 1.12. The quantitative estimate of drug-likeness (QED) is 0.760. The number of H-pyrrole nitrogens is 1. The molecule has 0 spiro atoms. The first-order valence-corrected chi connectivity index (χ1v) is 6.75. The first-order chi connectivity index (χ1) is 8.75. The second kappa shape index (κ2) is 4.65. The van der Waals surface area contributed by atoms with E-state index in [-0.39, 0.29) is 0 Å². The maximum Gasteiger partial charge on any atom is 0.128 e. The van der Waals surface area contributed by atoms with Crippen molar-refractivity contribution < 1.29 is 5.11 Å². The predicted octanol–water partition coefficient (Wildman–Crippen LogP) is 2.72. The molecule has 1 aromatic heterocycles. The lowest BCUT2D eigenvalue weighted by molar-refractivity contribution is 0.370. The Labute approximate surface area is 107 Å². The highest BCUT2D eigenvalue weighted by Crippen LogP contribution is 2.33. The number of benzene rings is 1. The lowest BCUT2D eigenvalue weighted by Crippen LogP contribution is -2.30. The van der Waals surface area contributed by atoms with Crippen molar-refractivity contribution in [3.63, 3.8) is 0 Å². The zero-order valence-corrected chi connectivity index (χ0v) is 10.8. The van der Waals surface area contributed by atoms with Gasteiger partial charge in [0.1, 0.15) is 5.75 Å². The molecule has 3 N–H and O–H groups in total. The molecular formula is C15H20N2O. The van der Waals surface area contributed by atoms with Crippen molar-refractivity contribution in [3.8, 4) is 5.75 Å². The van der Waals surface area contributed by atoms with Crippen molar-refractivity contribution in [3.05, 3.63) is 29.5 Å². The fourth-order valence-corrected chi connectivity index (χ4v) is 2.99. The van der Waals surface area contributed by atoms with Gasteiger partial charge in [-0.05, 0) is 62.4 Å². The van der Waals surface area contributed by atoms with Crippen molar-refractivity contribution in [1.82, 2.24) is 10.3 Å². The highest BCUT2D eigenvalue weighted by atomic mass is 16.3. The molecule has 0 bridgehead atoms. The Morgan fingerprint density at radius 1 is 1.39 bits per heavy atom. The van der Waals surface area contributed by atoms with Crippen LogP contribution in [0.25, 0.3) is 10.9 Å². The Morgan fingerprint density at radius 2 is 2.28 bits per heavy atom. The third-order valence-electron chi connectivity index (χ3n) is 4.01. The molecule has 1 unspecified atom stereocenters. The minimum Gasteiger partial charge on any atom is -0.507 e. The van der Waals surface area contributed by atoms with Gasteiger partial charge in [0.05, 0.1) is 0 Å². The van der Waals surface area contributed by atoms with E-state index < -0.39 is 0 Å². The molecule has 1 aromatic carbocycles. The Balaban J connectivity index is 1.91. The number of aromatic hydroxyl groups is 1. The molecule has 2 heterocycles. The van der Waals surface area contributed by atoms with Gasteiger partial charge in [-0.3, -0.25) is 0 Å². The predicted molar refractivity (Wildman–Crippen MR) is 74.0 cm³/mol. The Hall–Kier alpha value is -1.48. The molecule has 1 aliphatic rings. The Bertz CT molecular complexity index is 553. The average Bonchev–Trinajstić information content (AvgIpc) is 2.77. The molecule has 1 aliphatic heterocycles. The van der Waals surface area contributed by atoms with E-state index in [0.717, 1.165) is 41.5 Å². The topological polar surface area (TPSA) is 48.0 Å². The first kappa shape index (κ1) is 11.6. The zero-order valence-electron chi connectivity index (χ0n) is 10.8. The molecule has 0 amide bonds. The molecule has 3 nitrogen and oxygen atoms in total. The van der Waals surface area contributed by atoms with Gasteiger partial charge in [-0.1, -0.05) is 6.07 Å². The number of piperidine rings is 1. The number of aromatic nitrogens is 1. The van der Waals surface area contributed by atoms with Crippen LogP contribution in [-0.2, 0) is 6.42 Å². The molecule has 1 atom stereocenters. The SMILES string of the molecule is Cc1c[nH]c2ccc(CC3CCCNC3)c(O)c12. The van der Waals surface area contributed by atoms with Crippen LogP contribution in [-0.4, -0.2) is 23.2 Å². The van der Waals surface area contributed by atoms with E-state index in [1.54, 1.807) is 0 Å². The van der Waals surface area contributed by atoms with Crippen LogP contribution in [0.4, 0.5) is 0 Å². The fraction of sp³-hybridized carbons (Fsp3) is 0.467. The molecule has 1 fully saturated rings. The molecular weight excluding hydrogens is 224 g/mol. The molecule has 18 heavy (non-hydrogen) atoms. The van der Waals surface area contributed by atoms with Crippen LogP contribution < -0.4 is 5.32 Å². The van der Waals surface area contributed by atoms with Crippen LogP contribution >= 0.6 is 0 Å². The minimum absolute atomic E-state index is 0.469. The van der Waals surface area contributed by atoms with E-state index in [9.17, 15) is 5.11 Å². The second-order valence-electron chi connectivity index (χ2n) is 5.38. The van der Waals surface area contributed by atoms with Crippen molar-refractivity contribution in [1.29, 1.82) is 0 Å². The van der Waals surface area contributed by atoms with E-state index in [1.807, 2.05) is 13.1 Å². The third kappa shape index (κ3) is 1.99. The lowest BCUT2D eigenvalue weighted by atomic mass is 9.91. The summed E-state index contributed by atoms with van der Waals surface area (Å²) in [6.07, 6.45) is 5.43.